The number of carbonyl (C=O) groups is 1. The fraction of sp³-hybridized carbons (Fsp3) is 0.0952. The molecule has 156 valence electrons. The minimum absolute atomic E-state index is 0.0305. The number of hydrogen-bond acceptors (Lipinski definition) is 3. The normalized spacial score (nSPS) is 11.2. The Labute approximate surface area is 184 Å². The van der Waals surface area contributed by atoms with Gasteiger partial charge in [-0.05, 0) is 54.1 Å². The molecule has 3 rings (SSSR count). The summed E-state index contributed by atoms with van der Waals surface area (Å²) < 4.78 is 38.9. The van der Waals surface area contributed by atoms with Gasteiger partial charge < -0.3 is 5.32 Å². The standard InChI is InChI=1S/C21H17Cl2FN2O3S/c1-30(28,29)26(13-14-5-9-16(24)10-6-14)17-11-7-15(8-12-17)21(27)25-19-4-2-3-18(22)20(19)23/h2-12H,13H2,1H3,(H,25,27). The maximum absolute atomic E-state index is 13.1. The quantitative estimate of drug-likeness (QED) is 0.532. The largest absolute Gasteiger partial charge is 0.321 e. The van der Waals surface area contributed by atoms with Crippen LogP contribution in [0, 0.1) is 5.82 Å². The highest BCUT2D eigenvalue weighted by molar-refractivity contribution is 7.92. The summed E-state index contributed by atoms with van der Waals surface area (Å²) in [6, 6.07) is 16.5. The Morgan fingerprint density at radius 2 is 1.63 bits per heavy atom. The Hall–Kier alpha value is -2.61. The Morgan fingerprint density at radius 3 is 2.23 bits per heavy atom. The van der Waals surface area contributed by atoms with E-state index in [9.17, 15) is 17.6 Å². The van der Waals surface area contributed by atoms with Crippen LogP contribution in [0.15, 0.2) is 66.7 Å². The number of amides is 1. The summed E-state index contributed by atoms with van der Waals surface area (Å²) in [4.78, 5) is 12.5. The first-order chi connectivity index (χ1) is 14.1. The number of nitrogens with zero attached hydrogens (tertiary/aromatic N) is 1. The van der Waals surface area contributed by atoms with Crippen molar-refractivity contribution in [1.29, 1.82) is 0 Å². The second-order valence-electron chi connectivity index (χ2n) is 6.50. The predicted molar refractivity (Wildman–Crippen MR) is 118 cm³/mol. The van der Waals surface area contributed by atoms with Gasteiger partial charge in [0.2, 0.25) is 10.0 Å². The van der Waals surface area contributed by atoms with Gasteiger partial charge in [-0.25, -0.2) is 12.8 Å². The Kier molecular flexibility index (Phi) is 6.65. The lowest BCUT2D eigenvalue weighted by molar-refractivity contribution is 0.102. The molecule has 0 atom stereocenters. The number of carbonyl (C=O) groups excluding carboxylic acids is 1. The summed E-state index contributed by atoms with van der Waals surface area (Å²) in [5, 5.41) is 3.21. The first kappa shape index (κ1) is 22.1. The molecule has 0 radical (unpaired) electrons. The molecule has 5 nitrogen and oxygen atoms in total. The van der Waals surface area contributed by atoms with Crippen LogP contribution in [0.2, 0.25) is 10.0 Å². The molecule has 0 aliphatic heterocycles. The van der Waals surface area contributed by atoms with Gasteiger partial charge in [-0.15, -0.1) is 0 Å². The van der Waals surface area contributed by atoms with Gasteiger partial charge in [0, 0.05) is 5.56 Å². The molecule has 0 unspecified atom stereocenters. The van der Waals surface area contributed by atoms with Gasteiger partial charge >= 0.3 is 0 Å². The van der Waals surface area contributed by atoms with Crippen LogP contribution in [0.5, 0.6) is 0 Å². The average Bonchev–Trinajstić information content (AvgIpc) is 2.70. The summed E-state index contributed by atoms with van der Waals surface area (Å²) in [6.45, 7) is 0.0305. The van der Waals surface area contributed by atoms with Crippen molar-refractivity contribution in [2.75, 3.05) is 15.9 Å². The smallest absolute Gasteiger partial charge is 0.255 e. The number of benzene rings is 3. The molecule has 0 aliphatic carbocycles. The summed E-state index contributed by atoms with van der Waals surface area (Å²) in [5.74, 6) is -0.824. The Balaban J connectivity index is 1.81. The van der Waals surface area contributed by atoms with Gasteiger partial charge in [-0.1, -0.05) is 41.4 Å². The predicted octanol–water partition coefficient (Wildman–Crippen LogP) is 5.35. The Morgan fingerprint density at radius 1 is 1.00 bits per heavy atom. The monoisotopic (exact) mass is 466 g/mol. The van der Waals surface area contributed by atoms with E-state index in [0.717, 1.165) is 6.26 Å². The highest BCUT2D eigenvalue weighted by Gasteiger charge is 2.19. The third kappa shape index (κ3) is 5.30. The van der Waals surface area contributed by atoms with E-state index in [1.165, 1.54) is 52.8 Å². The molecular formula is C21H17Cl2FN2O3S. The highest BCUT2D eigenvalue weighted by atomic mass is 35.5. The second kappa shape index (κ2) is 9.04. The molecule has 1 amide bonds. The lowest BCUT2D eigenvalue weighted by atomic mass is 10.1. The van der Waals surface area contributed by atoms with Crippen LogP contribution in [0.1, 0.15) is 15.9 Å². The molecule has 1 N–H and O–H groups in total. The molecule has 0 spiro atoms. The van der Waals surface area contributed by atoms with E-state index < -0.39 is 21.7 Å². The molecular weight excluding hydrogens is 450 g/mol. The van der Waals surface area contributed by atoms with Crippen LogP contribution in [-0.4, -0.2) is 20.6 Å². The SMILES string of the molecule is CS(=O)(=O)N(Cc1ccc(F)cc1)c1ccc(C(=O)Nc2cccc(Cl)c2Cl)cc1. The van der Waals surface area contributed by atoms with E-state index in [2.05, 4.69) is 5.32 Å². The van der Waals surface area contributed by atoms with Gasteiger partial charge in [0.25, 0.3) is 5.91 Å². The summed E-state index contributed by atoms with van der Waals surface area (Å²) in [7, 11) is -3.61. The van der Waals surface area contributed by atoms with Crippen LogP contribution in [-0.2, 0) is 16.6 Å². The molecule has 0 bridgehead atoms. The summed E-state index contributed by atoms with van der Waals surface area (Å²) >= 11 is 12.0. The summed E-state index contributed by atoms with van der Waals surface area (Å²) in [6.07, 6.45) is 1.08. The minimum atomic E-state index is -3.61. The van der Waals surface area contributed by atoms with E-state index in [-0.39, 0.29) is 11.6 Å². The molecule has 0 fully saturated rings. The van der Waals surface area contributed by atoms with Crippen LogP contribution in [0.25, 0.3) is 0 Å². The first-order valence-corrected chi connectivity index (χ1v) is 11.3. The molecule has 30 heavy (non-hydrogen) atoms. The lowest BCUT2D eigenvalue weighted by Gasteiger charge is -2.22. The van der Waals surface area contributed by atoms with Crippen molar-refractivity contribution in [2.24, 2.45) is 0 Å². The fourth-order valence-electron chi connectivity index (χ4n) is 2.73. The van der Waals surface area contributed by atoms with E-state index in [4.69, 9.17) is 23.2 Å². The first-order valence-electron chi connectivity index (χ1n) is 8.73. The van der Waals surface area contributed by atoms with Gasteiger partial charge in [0.05, 0.1) is 34.2 Å². The van der Waals surface area contributed by atoms with Gasteiger partial charge in [0.15, 0.2) is 0 Å². The van der Waals surface area contributed by atoms with E-state index >= 15 is 0 Å². The topological polar surface area (TPSA) is 66.5 Å². The number of anilines is 2. The van der Waals surface area contributed by atoms with Crippen molar-refractivity contribution in [2.45, 2.75) is 6.54 Å². The maximum Gasteiger partial charge on any atom is 0.255 e. The highest BCUT2D eigenvalue weighted by Crippen LogP contribution is 2.30. The Bertz CT molecular complexity index is 1170. The zero-order valence-corrected chi connectivity index (χ0v) is 18.1. The molecule has 0 heterocycles. The number of nitrogens with one attached hydrogen (secondary N) is 1. The molecule has 9 heteroatoms. The molecule has 0 aliphatic rings. The van der Waals surface area contributed by atoms with Crippen LogP contribution >= 0.6 is 23.2 Å². The molecule has 3 aromatic carbocycles. The fourth-order valence-corrected chi connectivity index (χ4v) is 3.97. The van der Waals surface area contributed by atoms with E-state index in [1.807, 2.05) is 0 Å². The van der Waals surface area contributed by atoms with E-state index in [1.54, 1.807) is 18.2 Å². The van der Waals surface area contributed by atoms with Crippen molar-refractivity contribution < 1.29 is 17.6 Å². The number of rotatable bonds is 6. The van der Waals surface area contributed by atoms with Crippen LogP contribution in [0.3, 0.4) is 0 Å². The van der Waals surface area contributed by atoms with Gasteiger partial charge in [0.1, 0.15) is 5.82 Å². The van der Waals surface area contributed by atoms with Crippen molar-refractivity contribution in [1.82, 2.24) is 0 Å². The number of hydrogen-bond donors (Lipinski definition) is 1. The average molecular weight is 467 g/mol. The number of sulfonamides is 1. The molecule has 0 aromatic heterocycles. The summed E-state index contributed by atoms with van der Waals surface area (Å²) in [5.41, 5.74) is 1.68. The van der Waals surface area contributed by atoms with E-state index in [0.29, 0.717) is 27.5 Å². The second-order valence-corrected chi connectivity index (χ2v) is 9.19. The minimum Gasteiger partial charge on any atom is -0.321 e. The van der Waals surface area contributed by atoms with Crippen LogP contribution < -0.4 is 9.62 Å². The molecule has 0 saturated heterocycles. The molecule has 0 saturated carbocycles. The lowest BCUT2D eigenvalue weighted by Crippen LogP contribution is -2.29. The van der Waals surface area contributed by atoms with Gasteiger partial charge in [-0.2, -0.15) is 0 Å². The van der Waals surface area contributed by atoms with Crippen molar-refractivity contribution in [3.05, 3.63) is 93.7 Å². The van der Waals surface area contributed by atoms with Crippen molar-refractivity contribution in [3.63, 3.8) is 0 Å². The molecule has 3 aromatic rings. The zero-order chi connectivity index (χ0) is 21.9. The third-order valence-electron chi connectivity index (χ3n) is 4.26. The third-order valence-corrected chi connectivity index (χ3v) is 6.22. The van der Waals surface area contributed by atoms with Crippen LogP contribution in [0.4, 0.5) is 15.8 Å². The number of halogens is 3. The van der Waals surface area contributed by atoms with Gasteiger partial charge in [-0.3, -0.25) is 9.10 Å². The maximum atomic E-state index is 13.1. The van der Waals surface area contributed by atoms with Crippen molar-refractivity contribution in [3.8, 4) is 0 Å². The van der Waals surface area contributed by atoms with Crippen molar-refractivity contribution >= 4 is 50.5 Å². The zero-order valence-electron chi connectivity index (χ0n) is 15.8.